The Labute approximate surface area is 161 Å². The third-order valence-electron chi connectivity index (χ3n) is 4.96. The van der Waals surface area contributed by atoms with E-state index in [0.717, 1.165) is 36.0 Å². The molecule has 0 aliphatic carbocycles. The number of hydrogen-bond acceptors (Lipinski definition) is 4. The predicted octanol–water partition coefficient (Wildman–Crippen LogP) is 3.25. The molecule has 0 atom stereocenters. The van der Waals surface area contributed by atoms with E-state index in [9.17, 15) is 4.79 Å². The summed E-state index contributed by atoms with van der Waals surface area (Å²) in [7, 11) is 0. The topological polar surface area (TPSA) is 61.4 Å². The van der Waals surface area contributed by atoms with E-state index in [1.807, 2.05) is 42.2 Å². The fourth-order valence-corrected chi connectivity index (χ4v) is 3.63. The smallest absolute Gasteiger partial charge is 0.317 e. The van der Waals surface area contributed by atoms with Gasteiger partial charge in [-0.15, -0.1) is 0 Å². The van der Waals surface area contributed by atoms with Crippen LogP contribution in [0.1, 0.15) is 42.4 Å². The summed E-state index contributed by atoms with van der Waals surface area (Å²) < 4.78 is 0. The molecule has 0 radical (unpaired) electrons. The molecule has 0 saturated carbocycles. The van der Waals surface area contributed by atoms with Gasteiger partial charge in [-0.1, -0.05) is 44.2 Å². The lowest BCUT2D eigenvalue weighted by Gasteiger charge is -2.36. The van der Waals surface area contributed by atoms with Gasteiger partial charge in [0.1, 0.15) is 11.6 Å². The first-order valence-corrected chi connectivity index (χ1v) is 9.62. The van der Waals surface area contributed by atoms with E-state index in [1.165, 1.54) is 5.56 Å². The Morgan fingerprint density at radius 1 is 1.07 bits per heavy atom. The van der Waals surface area contributed by atoms with Crippen molar-refractivity contribution >= 4 is 11.8 Å². The maximum atomic E-state index is 12.5. The van der Waals surface area contributed by atoms with Crippen LogP contribution in [0, 0.1) is 13.8 Å². The van der Waals surface area contributed by atoms with Crippen molar-refractivity contribution in [3.05, 3.63) is 53.0 Å². The molecule has 1 N–H and O–H groups in total. The number of hydrogen-bond donors (Lipinski definition) is 1. The monoisotopic (exact) mass is 367 g/mol. The number of aromatic nitrogens is 2. The summed E-state index contributed by atoms with van der Waals surface area (Å²) in [5, 5.41) is 3.01. The highest BCUT2D eigenvalue weighted by Gasteiger charge is 2.25. The maximum absolute atomic E-state index is 12.5. The zero-order valence-electron chi connectivity index (χ0n) is 16.7. The molecule has 1 saturated heterocycles. The lowest BCUT2D eigenvalue weighted by molar-refractivity contribution is 0.193. The SMILES string of the molecule is Cc1nc(C)c(C(C)C)c(N2CCN(C(=O)NCc3ccccc3)CC2)n1. The number of piperazine rings is 1. The summed E-state index contributed by atoms with van der Waals surface area (Å²) in [5.41, 5.74) is 3.37. The van der Waals surface area contributed by atoms with Crippen LogP contribution in [0.3, 0.4) is 0 Å². The van der Waals surface area contributed by atoms with Crippen molar-refractivity contribution in [3.8, 4) is 0 Å². The van der Waals surface area contributed by atoms with Crippen molar-refractivity contribution in [1.82, 2.24) is 20.2 Å². The zero-order valence-corrected chi connectivity index (χ0v) is 16.7. The van der Waals surface area contributed by atoms with Crippen LogP contribution in [0.4, 0.5) is 10.6 Å². The van der Waals surface area contributed by atoms with Crippen molar-refractivity contribution in [2.45, 2.75) is 40.2 Å². The van der Waals surface area contributed by atoms with Gasteiger partial charge in [-0.05, 0) is 25.3 Å². The molecule has 144 valence electrons. The molecule has 6 nitrogen and oxygen atoms in total. The number of urea groups is 1. The molecule has 1 aromatic carbocycles. The number of nitrogens with zero attached hydrogens (tertiary/aromatic N) is 4. The van der Waals surface area contributed by atoms with Gasteiger partial charge in [-0.3, -0.25) is 0 Å². The zero-order chi connectivity index (χ0) is 19.4. The Hall–Kier alpha value is -2.63. The van der Waals surface area contributed by atoms with Crippen molar-refractivity contribution in [3.63, 3.8) is 0 Å². The summed E-state index contributed by atoms with van der Waals surface area (Å²) >= 11 is 0. The van der Waals surface area contributed by atoms with E-state index < -0.39 is 0 Å². The van der Waals surface area contributed by atoms with E-state index in [0.29, 0.717) is 25.6 Å². The van der Waals surface area contributed by atoms with Gasteiger partial charge in [0.2, 0.25) is 0 Å². The molecule has 0 unspecified atom stereocenters. The van der Waals surface area contributed by atoms with Crippen LogP contribution in [-0.2, 0) is 6.54 Å². The molecule has 0 bridgehead atoms. The van der Waals surface area contributed by atoms with Gasteiger partial charge < -0.3 is 15.1 Å². The largest absolute Gasteiger partial charge is 0.353 e. The van der Waals surface area contributed by atoms with E-state index in [2.05, 4.69) is 36.0 Å². The van der Waals surface area contributed by atoms with E-state index in [-0.39, 0.29) is 6.03 Å². The number of benzene rings is 1. The third-order valence-corrected chi connectivity index (χ3v) is 4.96. The van der Waals surface area contributed by atoms with Gasteiger partial charge in [0.15, 0.2) is 0 Å². The van der Waals surface area contributed by atoms with Gasteiger partial charge in [-0.25, -0.2) is 14.8 Å². The van der Waals surface area contributed by atoms with Crippen LogP contribution in [0.2, 0.25) is 0 Å². The molecule has 1 aromatic heterocycles. The van der Waals surface area contributed by atoms with Crippen LogP contribution in [0.15, 0.2) is 30.3 Å². The molecule has 6 heteroatoms. The van der Waals surface area contributed by atoms with Gasteiger partial charge in [0.05, 0.1) is 0 Å². The average molecular weight is 367 g/mol. The summed E-state index contributed by atoms with van der Waals surface area (Å²) in [4.78, 5) is 25.9. The normalized spacial score (nSPS) is 14.6. The van der Waals surface area contributed by atoms with Crippen molar-refractivity contribution < 1.29 is 4.79 Å². The minimum absolute atomic E-state index is 0.00219. The molecule has 1 aliphatic heterocycles. The van der Waals surface area contributed by atoms with Crippen molar-refractivity contribution in [1.29, 1.82) is 0 Å². The van der Waals surface area contributed by atoms with Crippen LogP contribution in [0.25, 0.3) is 0 Å². The predicted molar refractivity (Wildman–Crippen MR) is 108 cm³/mol. The second kappa shape index (κ2) is 8.37. The Balaban J connectivity index is 1.61. The Morgan fingerprint density at radius 3 is 2.37 bits per heavy atom. The highest BCUT2D eigenvalue weighted by Crippen LogP contribution is 2.28. The standard InChI is InChI=1S/C21H29N5O/c1-15(2)19-16(3)23-17(4)24-20(19)25-10-12-26(13-11-25)21(27)22-14-18-8-6-5-7-9-18/h5-9,15H,10-14H2,1-4H3,(H,22,27). The average Bonchev–Trinajstić information content (AvgIpc) is 2.66. The van der Waals surface area contributed by atoms with Crippen molar-refractivity contribution in [2.75, 3.05) is 31.1 Å². The van der Waals surface area contributed by atoms with Crippen molar-refractivity contribution in [2.24, 2.45) is 0 Å². The number of amides is 2. The quantitative estimate of drug-likeness (QED) is 0.901. The molecule has 1 fully saturated rings. The van der Waals surface area contributed by atoms with Gasteiger partial charge in [0, 0.05) is 44.0 Å². The Morgan fingerprint density at radius 2 is 1.74 bits per heavy atom. The second-order valence-corrected chi connectivity index (χ2v) is 7.37. The number of rotatable bonds is 4. The molecule has 1 aliphatic rings. The molecule has 27 heavy (non-hydrogen) atoms. The second-order valence-electron chi connectivity index (χ2n) is 7.37. The summed E-state index contributed by atoms with van der Waals surface area (Å²) in [5.74, 6) is 2.20. The number of anilines is 1. The Kier molecular flexibility index (Phi) is 5.94. The summed E-state index contributed by atoms with van der Waals surface area (Å²) in [6.07, 6.45) is 0. The highest BCUT2D eigenvalue weighted by atomic mass is 16.2. The lowest BCUT2D eigenvalue weighted by atomic mass is 10.0. The first-order chi connectivity index (χ1) is 13.0. The molecule has 0 spiro atoms. The third kappa shape index (κ3) is 4.56. The first kappa shape index (κ1) is 19.1. The van der Waals surface area contributed by atoms with Crippen LogP contribution in [-0.4, -0.2) is 47.1 Å². The van der Waals surface area contributed by atoms with E-state index >= 15 is 0 Å². The molecule has 2 heterocycles. The van der Waals surface area contributed by atoms with Gasteiger partial charge >= 0.3 is 6.03 Å². The van der Waals surface area contributed by atoms with E-state index in [1.54, 1.807) is 0 Å². The fraction of sp³-hybridized carbons (Fsp3) is 0.476. The first-order valence-electron chi connectivity index (χ1n) is 9.62. The van der Waals surface area contributed by atoms with E-state index in [4.69, 9.17) is 4.98 Å². The molecule has 2 aromatic rings. The number of carbonyl (C=O) groups is 1. The Bertz CT molecular complexity index is 783. The molecule has 3 rings (SSSR count). The van der Waals surface area contributed by atoms with Crippen LogP contribution < -0.4 is 10.2 Å². The van der Waals surface area contributed by atoms with Gasteiger partial charge in [-0.2, -0.15) is 0 Å². The van der Waals surface area contributed by atoms with Gasteiger partial charge in [0.25, 0.3) is 0 Å². The number of nitrogens with one attached hydrogen (secondary N) is 1. The molecular weight excluding hydrogens is 338 g/mol. The van der Waals surface area contributed by atoms with Crippen LogP contribution in [0.5, 0.6) is 0 Å². The lowest BCUT2D eigenvalue weighted by Crippen LogP contribution is -2.52. The summed E-state index contributed by atoms with van der Waals surface area (Å²) in [6.45, 7) is 11.9. The number of aryl methyl sites for hydroxylation is 2. The maximum Gasteiger partial charge on any atom is 0.317 e. The van der Waals surface area contributed by atoms with Crippen LogP contribution >= 0.6 is 0 Å². The minimum atomic E-state index is -0.00219. The minimum Gasteiger partial charge on any atom is -0.353 e. The highest BCUT2D eigenvalue weighted by molar-refractivity contribution is 5.74. The number of carbonyl (C=O) groups excluding carboxylic acids is 1. The summed E-state index contributed by atoms with van der Waals surface area (Å²) in [6, 6.07) is 9.98. The molecular formula is C21H29N5O. The fourth-order valence-electron chi connectivity index (χ4n) is 3.63. The molecule has 2 amide bonds.